The Hall–Kier alpha value is -1.06. The number of methoxy groups -OCH3 is 1. The van der Waals surface area contributed by atoms with Crippen molar-refractivity contribution in [1.29, 1.82) is 0 Å². The summed E-state index contributed by atoms with van der Waals surface area (Å²) < 4.78 is 4.69. The van der Waals surface area contributed by atoms with Crippen molar-refractivity contribution in [2.45, 2.75) is 51.0 Å². The molecule has 0 aromatic rings. The Bertz CT molecular complexity index is 293. The highest BCUT2D eigenvalue weighted by atomic mass is 16.5. The molecule has 4 heteroatoms. The first kappa shape index (κ1) is 12.4. The van der Waals surface area contributed by atoms with Crippen LogP contribution in [0.25, 0.3) is 0 Å². The van der Waals surface area contributed by atoms with E-state index in [1.807, 2.05) is 0 Å². The van der Waals surface area contributed by atoms with Crippen LogP contribution >= 0.6 is 0 Å². The van der Waals surface area contributed by atoms with Gasteiger partial charge in [-0.3, -0.25) is 9.59 Å². The highest BCUT2D eigenvalue weighted by Gasteiger charge is 2.35. The highest BCUT2D eigenvalue weighted by Crippen LogP contribution is 2.31. The first-order valence-electron chi connectivity index (χ1n) is 6.59. The van der Waals surface area contributed by atoms with Crippen LogP contribution in [0.15, 0.2) is 0 Å². The molecule has 96 valence electrons. The standard InChI is InChI=1S/C13H21NO3/c1-17-12(15)9-14(11-7-2-3-8-11)13(16)10-5-4-6-10/h10-11H,2-9H2,1H3. The molecule has 0 heterocycles. The summed E-state index contributed by atoms with van der Waals surface area (Å²) in [4.78, 5) is 25.5. The van der Waals surface area contributed by atoms with Gasteiger partial charge in [0.25, 0.3) is 0 Å². The molecule has 0 N–H and O–H groups in total. The minimum atomic E-state index is -0.301. The molecular formula is C13H21NO3. The van der Waals surface area contributed by atoms with Crippen molar-refractivity contribution in [2.24, 2.45) is 5.92 Å². The molecule has 0 spiro atoms. The third kappa shape index (κ3) is 2.79. The summed E-state index contributed by atoms with van der Waals surface area (Å²) >= 11 is 0. The van der Waals surface area contributed by atoms with Gasteiger partial charge < -0.3 is 9.64 Å². The molecular weight excluding hydrogens is 218 g/mol. The van der Waals surface area contributed by atoms with Crippen LogP contribution in [0, 0.1) is 5.92 Å². The Morgan fingerprint density at radius 3 is 2.24 bits per heavy atom. The van der Waals surface area contributed by atoms with Crippen molar-refractivity contribution in [2.75, 3.05) is 13.7 Å². The molecule has 0 aromatic heterocycles. The molecule has 4 nitrogen and oxygen atoms in total. The van der Waals surface area contributed by atoms with E-state index < -0.39 is 0 Å². The van der Waals surface area contributed by atoms with Crippen molar-refractivity contribution in [1.82, 2.24) is 4.90 Å². The van der Waals surface area contributed by atoms with Crippen LogP contribution in [0.1, 0.15) is 44.9 Å². The lowest BCUT2D eigenvalue weighted by Crippen LogP contribution is -2.46. The number of esters is 1. The minimum Gasteiger partial charge on any atom is -0.468 e. The van der Waals surface area contributed by atoms with Crippen LogP contribution in [0.4, 0.5) is 0 Å². The van der Waals surface area contributed by atoms with Crippen LogP contribution in [0.2, 0.25) is 0 Å². The van der Waals surface area contributed by atoms with Gasteiger partial charge >= 0.3 is 5.97 Å². The van der Waals surface area contributed by atoms with Crippen molar-refractivity contribution in [3.8, 4) is 0 Å². The molecule has 0 aliphatic heterocycles. The Balaban J connectivity index is 1.99. The van der Waals surface area contributed by atoms with Crippen LogP contribution in [0.3, 0.4) is 0 Å². The Kier molecular flexibility index (Phi) is 4.02. The van der Waals surface area contributed by atoms with Gasteiger partial charge in [0, 0.05) is 12.0 Å². The summed E-state index contributed by atoms with van der Waals surface area (Å²) in [5.41, 5.74) is 0. The van der Waals surface area contributed by atoms with Crippen molar-refractivity contribution < 1.29 is 14.3 Å². The molecule has 0 saturated heterocycles. The number of hydrogen-bond acceptors (Lipinski definition) is 3. The van der Waals surface area contributed by atoms with Crippen LogP contribution in [-0.4, -0.2) is 36.5 Å². The molecule has 0 radical (unpaired) electrons. The number of nitrogens with zero attached hydrogens (tertiary/aromatic N) is 1. The predicted molar refractivity (Wildman–Crippen MR) is 63.3 cm³/mol. The molecule has 0 aromatic carbocycles. The number of carbonyl (C=O) groups excluding carboxylic acids is 2. The van der Waals surface area contributed by atoms with Gasteiger partial charge in [-0.25, -0.2) is 0 Å². The Labute approximate surface area is 102 Å². The summed E-state index contributed by atoms with van der Waals surface area (Å²) in [5.74, 6) is 0.0402. The normalized spacial score (nSPS) is 21.0. The summed E-state index contributed by atoms with van der Waals surface area (Å²) in [6.07, 6.45) is 7.53. The zero-order chi connectivity index (χ0) is 12.3. The molecule has 2 saturated carbocycles. The Morgan fingerprint density at radius 1 is 1.12 bits per heavy atom. The van der Waals surface area contributed by atoms with E-state index in [0.717, 1.165) is 32.1 Å². The zero-order valence-corrected chi connectivity index (χ0v) is 10.5. The zero-order valence-electron chi connectivity index (χ0n) is 10.5. The van der Waals surface area contributed by atoms with E-state index in [1.54, 1.807) is 4.90 Å². The average molecular weight is 239 g/mol. The van der Waals surface area contributed by atoms with E-state index in [0.29, 0.717) is 0 Å². The maximum absolute atomic E-state index is 12.3. The molecule has 17 heavy (non-hydrogen) atoms. The second kappa shape index (κ2) is 5.52. The van der Waals surface area contributed by atoms with E-state index in [2.05, 4.69) is 4.74 Å². The monoisotopic (exact) mass is 239 g/mol. The third-order valence-corrected chi connectivity index (χ3v) is 4.03. The van der Waals surface area contributed by atoms with Gasteiger partial charge in [0.2, 0.25) is 5.91 Å². The minimum absolute atomic E-state index is 0.135. The van der Waals surface area contributed by atoms with Gasteiger partial charge in [0.1, 0.15) is 6.54 Å². The molecule has 2 aliphatic rings. The summed E-state index contributed by atoms with van der Waals surface area (Å²) in [5, 5.41) is 0. The second-order valence-corrected chi connectivity index (χ2v) is 5.11. The number of hydrogen-bond donors (Lipinski definition) is 0. The molecule has 2 fully saturated rings. The third-order valence-electron chi connectivity index (χ3n) is 4.03. The number of amides is 1. The van der Waals surface area contributed by atoms with Gasteiger partial charge in [0.05, 0.1) is 7.11 Å². The van der Waals surface area contributed by atoms with Gasteiger partial charge in [-0.1, -0.05) is 19.3 Å². The predicted octanol–water partition coefficient (Wildman–Crippen LogP) is 1.73. The summed E-state index contributed by atoms with van der Waals surface area (Å²) in [6, 6.07) is 0.266. The smallest absolute Gasteiger partial charge is 0.325 e. The maximum Gasteiger partial charge on any atom is 0.325 e. The van der Waals surface area contributed by atoms with Gasteiger partial charge in [0.15, 0.2) is 0 Å². The largest absolute Gasteiger partial charge is 0.468 e. The molecule has 0 unspecified atom stereocenters. The van der Waals surface area contributed by atoms with Crippen LogP contribution < -0.4 is 0 Å². The topological polar surface area (TPSA) is 46.6 Å². The molecule has 0 bridgehead atoms. The number of ether oxygens (including phenoxy) is 1. The highest BCUT2D eigenvalue weighted by molar-refractivity contribution is 5.84. The van der Waals surface area contributed by atoms with Crippen molar-refractivity contribution in [3.63, 3.8) is 0 Å². The first-order valence-corrected chi connectivity index (χ1v) is 6.59. The lowest BCUT2D eigenvalue weighted by Gasteiger charge is -2.34. The number of carbonyl (C=O) groups is 2. The summed E-state index contributed by atoms with van der Waals surface area (Å²) in [6.45, 7) is 0.135. The van der Waals surface area contributed by atoms with E-state index >= 15 is 0 Å². The average Bonchev–Trinajstić information content (AvgIpc) is 2.76. The van der Waals surface area contributed by atoms with Gasteiger partial charge in [-0.15, -0.1) is 0 Å². The van der Waals surface area contributed by atoms with Crippen LogP contribution in [0.5, 0.6) is 0 Å². The SMILES string of the molecule is COC(=O)CN(C(=O)C1CCC1)C1CCCC1. The van der Waals surface area contributed by atoms with Crippen LogP contribution in [-0.2, 0) is 14.3 Å². The number of rotatable bonds is 4. The quantitative estimate of drug-likeness (QED) is 0.702. The van der Waals surface area contributed by atoms with Crippen molar-refractivity contribution in [3.05, 3.63) is 0 Å². The van der Waals surface area contributed by atoms with E-state index in [4.69, 9.17) is 0 Å². The first-order chi connectivity index (χ1) is 8.22. The molecule has 2 rings (SSSR count). The van der Waals surface area contributed by atoms with Crippen molar-refractivity contribution >= 4 is 11.9 Å². The Morgan fingerprint density at radius 2 is 1.76 bits per heavy atom. The van der Waals surface area contributed by atoms with E-state index in [1.165, 1.54) is 20.0 Å². The van der Waals surface area contributed by atoms with Gasteiger partial charge in [-0.2, -0.15) is 0 Å². The summed E-state index contributed by atoms with van der Waals surface area (Å²) in [7, 11) is 1.38. The van der Waals surface area contributed by atoms with E-state index in [-0.39, 0.29) is 30.4 Å². The molecule has 2 aliphatic carbocycles. The van der Waals surface area contributed by atoms with E-state index in [9.17, 15) is 9.59 Å². The lowest BCUT2D eigenvalue weighted by molar-refractivity contribution is -0.151. The lowest BCUT2D eigenvalue weighted by atomic mass is 9.84. The molecule has 0 atom stereocenters. The maximum atomic E-state index is 12.3. The fourth-order valence-electron chi connectivity index (χ4n) is 2.70. The second-order valence-electron chi connectivity index (χ2n) is 5.11. The molecule has 1 amide bonds. The fourth-order valence-corrected chi connectivity index (χ4v) is 2.70. The fraction of sp³-hybridized carbons (Fsp3) is 0.846. The van der Waals surface area contributed by atoms with Gasteiger partial charge in [-0.05, 0) is 25.7 Å².